The van der Waals surface area contributed by atoms with Crippen LogP contribution in [0.15, 0.2) is 24.3 Å². The fourth-order valence-corrected chi connectivity index (χ4v) is 2.94. The van der Waals surface area contributed by atoms with Crippen molar-refractivity contribution in [1.29, 1.82) is 0 Å². The number of aliphatic hydroxyl groups is 1. The zero-order valence-electron chi connectivity index (χ0n) is 11.3. The van der Waals surface area contributed by atoms with Crippen molar-refractivity contribution in [1.82, 2.24) is 0 Å². The first-order valence-electron chi connectivity index (χ1n) is 6.65. The molecule has 3 heteroatoms. The first-order chi connectivity index (χ1) is 8.67. The van der Waals surface area contributed by atoms with Crippen molar-refractivity contribution in [2.24, 2.45) is 5.41 Å². The summed E-state index contributed by atoms with van der Waals surface area (Å²) >= 11 is 0. The SMILES string of the molecule is CCC1(CC)C(O)CC1Oc1ccccc1OC. The molecule has 0 spiro atoms. The minimum absolute atomic E-state index is 0.0822. The number of hydrogen-bond acceptors (Lipinski definition) is 3. The van der Waals surface area contributed by atoms with Crippen LogP contribution < -0.4 is 9.47 Å². The van der Waals surface area contributed by atoms with E-state index < -0.39 is 0 Å². The van der Waals surface area contributed by atoms with Gasteiger partial charge in [0.05, 0.1) is 13.2 Å². The van der Waals surface area contributed by atoms with Crippen LogP contribution in [0, 0.1) is 5.41 Å². The number of rotatable bonds is 5. The average molecular weight is 250 g/mol. The summed E-state index contributed by atoms with van der Waals surface area (Å²) in [5.74, 6) is 1.52. The molecule has 1 N–H and O–H groups in total. The highest BCUT2D eigenvalue weighted by Crippen LogP contribution is 2.49. The van der Waals surface area contributed by atoms with E-state index in [1.807, 2.05) is 24.3 Å². The van der Waals surface area contributed by atoms with E-state index in [2.05, 4.69) is 13.8 Å². The predicted octanol–water partition coefficient (Wildman–Crippen LogP) is 3.01. The number of methoxy groups -OCH3 is 1. The average Bonchev–Trinajstić information content (AvgIpc) is 2.40. The summed E-state index contributed by atoms with van der Waals surface area (Å²) in [6.45, 7) is 4.23. The normalized spacial score (nSPS) is 25.3. The van der Waals surface area contributed by atoms with E-state index in [1.165, 1.54) is 0 Å². The van der Waals surface area contributed by atoms with E-state index in [4.69, 9.17) is 9.47 Å². The molecule has 0 aromatic heterocycles. The van der Waals surface area contributed by atoms with Gasteiger partial charge in [-0.15, -0.1) is 0 Å². The summed E-state index contributed by atoms with van der Waals surface area (Å²) in [6.07, 6.45) is 2.42. The van der Waals surface area contributed by atoms with Crippen molar-refractivity contribution >= 4 is 0 Å². The summed E-state index contributed by atoms with van der Waals surface area (Å²) in [5.41, 5.74) is -0.0964. The van der Waals surface area contributed by atoms with Crippen LogP contribution in [0.1, 0.15) is 33.1 Å². The number of benzene rings is 1. The van der Waals surface area contributed by atoms with Crippen molar-refractivity contribution in [3.05, 3.63) is 24.3 Å². The van der Waals surface area contributed by atoms with Crippen LogP contribution >= 0.6 is 0 Å². The van der Waals surface area contributed by atoms with E-state index in [1.54, 1.807) is 7.11 Å². The lowest BCUT2D eigenvalue weighted by Crippen LogP contribution is -2.59. The molecule has 18 heavy (non-hydrogen) atoms. The first-order valence-corrected chi connectivity index (χ1v) is 6.65. The Hall–Kier alpha value is -1.22. The van der Waals surface area contributed by atoms with Crippen LogP contribution in [-0.4, -0.2) is 24.4 Å². The van der Waals surface area contributed by atoms with Crippen LogP contribution in [0.4, 0.5) is 0 Å². The summed E-state index contributed by atoms with van der Waals surface area (Å²) in [7, 11) is 1.64. The summed E-state index contributed by atoms with van der Waals surface area (Å²) < 4.78 is 11.3. The third-order valence-electron chi connectivity index (χ3n) is 4.40. The van der Waals surface area contributed by atoms with Crippen LogP contribution in [0.5, 0.6) is 11.5 Å². The number of hydrogen-bond donors (Lipinski definition) is 1. The highest BCUT2D eigenvalue weighted by molar-refractivity contribution is 5.39. The second kappa shape index (κ2) is 5.19. The Morgan fingerprint density at radius 2 is 1.83 bits per heavy atom. The van der Waals surface area contributed by atoms with Gasteiger partial charge in [-0.05, 0) is 25.0 Å². The van der Waals surface area contributed by atoms with Gasteiger partial charge in [0.1, 0.15) is 6.10 Å². The third-order valence-corrected chi connectivity index (χ3v) is 4.40. The molecule has 3 nitrogen and oxygen atoms in total. The molecule has 0 heterocycles. The smallest absolute Gasteiger partial charge is 0.161 e. The fraction of sp³-hybridized carbons (Fsp3) is 0.600. The second-order valence-corrected chi connectivity index (χ2v) is 4.95. The van der Waals surface area contributed by atoms with Crippen LogP contribution in [0.3, 0.4) is 0 Å². The molecule has 100 valence electrons. The van der Waals surface area contributed by atoms with E-state index in [0.29, 0.717) is 6.42 Å². The largest absolute Gasteiger partial charge is 0.493 e. The van der Waals surface area contributed by atoms with Gasteiger partial charge in [-0.1, -0.05) is 26.0 Å². The quantitative estimate of drug-likeness (QED) is 0.873. The first kappa shape index (κ1) is 13.2. The maximum absolute atomic E-state index is 10.0. The van der Waals surface area contributed by atoms with Gasteiger partial charge in [0, 0.05) is 11.8 Å². The summed E-state index contributed by atoms with van der Waals surface area (Å²) in [5, 5.41) is 10.0. The molecule has 0 radical (unpaired) electrons. The maximum Gasteiger partial charge on any atom is 0.161 e. The number of para-hydroxylation sites is 2. The van der Waals surface area contributed by atoms with Crippen LogP contribution in [-0.2, 0) is 0 Å². The Morgan fingerprint density at radius 1 is 1.22 bits per heavy atom. The molecular weight excluding hydrogens is 228 g/mol. The minimum atomic E-state index is -0.243. The summed E-state index contributed by atoms with van der Waals surface area (Å²) in [4.78, 5) is 0. The monoisotopic (exact) mass is 250 g/mol. The van der Waals surface area contributed by atoms with Gasteiger partial charge in [-0.2, -0.15) is 0 Å². The topological polar surface area (TPSA) is 38.7 Å². The van der Waals surface area contributed by atoms with Crippen molar-refractivity contribution in [3.8, 4) is 11.5 Å². The maximum atomic E-state index is 10.0. The van der Waals surface area contributed by atoms with Crippen LogP contribution in [0.25, 0.3) is 0 Å². The molecule has 1 aromatic rings. The van der Waals surface area contributed by atoms with Gasteiger partial charge in [-0.25, -0.2) is 0 Å². The van der Waals surface area contributed by atoms with Gasteiger partial charge in [-0.3, -0.25) is 0 Å². The van der Waals surface area contributed by atoms with Gasteiger partial charge < -0.3 is 14.6 Å². The molecule has 1 aliphatic rings. The zero-order valence-corrected chi connectivity index (χ0v) is 11.3. The predicted molar refractivity (Wildman–Crippen MR) is 71.0 cm³/mol. The third kappa shape index (κ3) is 1.97. The molecule has 0 saturated heterocycles. The highest BCUT2D eigenvalue weighted by Gasteiger charge is 2.53. The molecule has 2 rings (SSSR count). The molecule has 1 aliphatic carbocycles. The van der Waals surface area contributed by atoms with Crippen molar-refractivity contribution in [2.75, 3.05) is 7.11 Å². The molecular formula is C15H22O3. The Labute approximate surface area is 109 Å². The minimum Gasteiger partial charge on any atom is -0.493 e. The Bertz CT molecular complexity index is 398. The van der Waals surface area contributed by atoms with Gasteiger partial charge in [0.15, 0.2) is 11.5 Å². The number of ether oxygens (including phenoxy) is 2. The molecule has 1 fully saturated rings. The summed E-state index contributed by atoms with van der Waals surface area (Å²) in [6, 6.07) is 7.67. The van der Waals surface area contributed by atoms with E-state index in [-0.39, 0.29) is 17.6 Å². The molecule has 1 saturated carbocycles. The Morgan fingerprint density at radius 3 is 2.33 bits per heavy atom. The molecule has 0 amide bonds. The lowest BCUT2D eigenvalue weighted by Gasteiger charge is -2.52. The lowest BCUT2D eigenvalue weighted by atomic mass is 9.60. The molecule has 2 unspecified atom stereocenters. The molecule has 1 aromatic carbocycles. The Balaban J connectivity index is 2.15. The highest BCUT2D eigenvalue weighted by atomic mass is 16.5. The van der Waals surface area contributed by atoms with E-state index in [9.17, 15) is 5.11 Å². The molecule has 0 bridgehead atoms. The van der Waals surface area contributed by atoms with Crippen molar-refractivity contribution in [2.45, 2.75) is 45.3 Å². The molecule has 2 atom stereocenters. The number of aliphatic hydroxyl groups excluding tert-OH is 1. The van der Waals surface area contributed by atoms with E-state index >= 15 is 0 Å². The van der Waals surface area contributed by atoms with E-state index in [0.717, 1.165) is 24.3 Å². The molecule has 0 aliphatic heterocycles. The van der Waals surface area contributed by atoms with Crippen molar-refractivity contribution < 1.29 is 14.6 Å². The van der Waals surface area contributed by atoms with Crippen molar-refractivity contribution in [3.63, 3.8) is 0 Å². The van der Waals surface area contributed by atoms with Crippen LogP contribution in [0.2, 0.25) is 0 Å². The fourth-order valence-electron chi connectivity index (χ4n) is 2.94. The Kier molecular flexibility index (Phi) is 3.81. The standard InChI is InChI=1S/C15H22O3/c1-4-15(5-2)13(16)10-14(15)18-12-9-7-6-8-11(12)17-3/h6-9,13-14,16H,4-5,10H2,1-3H3. The zero-order chi connectivity index (χ0) is 13.2. The van der Waals surface area contributed by atoms with Gasteiger partial charge >= 0.3 is 0 Å². The van der Waals surface area contributed by atoms with Gasteiger partial charge in [0.2, 0.25) is 0 Å². The van der Waals surface area contributed by atoms with Gasteiger partial charge in [0.25, 0.3) is 0 Å². The lowest BCUT2D eigenvalue weighted by molar-refractivity contribution is -0.160. The second-order valence-electron chi connectivity index (χ2n) is 4.95.